The molecular weight excluding hydrogens is 273 g/mol. The third-order valence-electron chi connectivity index (χ3n) is 2.45. The molecule has 6 nitrogen and oxygen atoms in total. The number of imide groups is 1. The number of hydrogen-bond acceptors (Lipinski definition) is 5. The van der Waals surface area contributed by atoms with Crippen LogP contribution >= 0.6 is 11.8 Å². The van der Waals surface area contributed by atoms with E-state index in [4.69, 9.17) is 0 Å². The molecule has 2 rings (SSSR count). The Balaban J connectivity index is 1.82. The summed E-state index contributed by atoms with van der Waals surface area (Å²) in [4.78, 5) is 38.6. The van der Waals surface area contributed by atoms with Crippen molar-refractivity contribution in [1.82, 2.24) is 15.2 Å². The third kappa shape index (κ3) is 3.28. The van der Waals surface area contributed by atoms with Gasteiger partial charge in [-0.2, -0.15) is 4.39 Å². The zero-order valence-corrected chi connectivity index (χ0v) is 10.6. The van der Waals surface area contributed by atoms with E-state index >= 15 is 0 Å². The van der Waals surface area contributed by atoms with Gasteiger partial charge in [-0.25, -0.2) is 4.98 Å². The number of pyridine rings is 1. The summed E-state index contributed by atoms with van der Waals surface area (Å²) in [6, 6.07) is 2.39. The molecule has 0 unspecified atom stereocenters. The first kappa shape index (κ1) is 13.5. The molecule has 3 amide bonds. The van der Waals surface area contributed by atoms with Crippen LogP contribution in [0.4, 0.5) is 9.18 Å². The number of amides is 3. The summed E-state index contributed by atoms with van der Waals surface area (Å²) < 4.78 is 12.6. The lowest BCUT2D eigenvalue weighted by Crippen LogP contribution is -2.37. The van der Waals surface area contributed by atoms with Crippen LogP contribution in [0.1, 0.15) is 10.4 Å². The van der Waals surface area contributed by atoms with Crippen LogP contribution in [0.2, 0.25) is 0 Å². The van der Waals surface area contributed by atoms with Crippen molar-refractivity contribution in [2.24, 2.45) is 0 Å². The molecule has 8 heteroatoms. The molecule has 0 atom stereocenters. The summed E-state index contributed by atoms with van der Waals surface area (Å²) in [7, 11) is 0. The van der Waals surface area contributed by atoms with Crippen LogP contribution in [-0.2, 0) is 4.79 Å². The van der Waals surface area contributed by atoms with Crippen LogP contribution in [0.5, 0.6) is 0 Å². The fourth-order valence-electron chi connectivity index (χ4n) is 1.49. The van der Waals surface area contributed by atoms with Crippen LogP contribution < -0.4 is 5.32 Å². The van der Waals surface area contributed by atoms with Crippen molar-refractivity contribution < 1.29 is 18.8 Å². The van der Waals surface area contributed by atoms with Gasteiger partial charge < -0.3 is 5.32 Å². The number of hydrogen-bond donors (Lipinski definition) is 1. The molecule has 1 N–H and O–H groups in total. The molecule has 1 aromatic rings. The number of carbonyl (C=O) groups is 3. The van der Waals surface area contributed by atoms with Gasteiger partial charge in [-0.1, -0.05) is 11.8 Å². The van der Waals surface area contributed by atoms with E-state index in [0.717, 1.165) is 28.9 Å². The molecule has 0 aromatic carbocycles. The van der Waals surface area contributed by atoms with Crippen molar-refractivity contribution >= 4 is 28.8 Å². The lowest BCUT2D eigenvalue weighted by atomic mass is 10.2. The maximum absolute atomic E-state index is 12.6. The van der Waals surface area contributed by atoms with E-state index in [1.165, 1.54) is 6.07 Å². The quantitative estimate of drug-likeness (QED) is 0.821. The molecular formula is C11H10FN3O3S. The zero-order valence-electron chi connectivity index (χ0n) is 9.76. The Morgan fingerprint density at radius 1 is 1.47 bits per heavy atom. The van der Waals surface area contributed by atoms with Gasteiger partial charge in [-0.3, -0.25) is 19.3 Å². The maximum Gasteiger partial charge on any atom is 0.288 e. The fourth-order valence-corrected chi connectivity index (χ4v) is 2.24. The molecule has 19 heavy (non-hydrogen) atoms. The van der Waals surface area contributed by atoms with E-state index in [1.54, 1.807) is 0 Å². The number of rotatable bonds is 4. The monoisotopic (exact) mass is 283 g/mol. The lowest BCUT2D eigenvalue weighted by Gasteiger charge is -2.12. The molecule has 1 aliphatic heterocycles. The highest BCUT2D eigenvalue weighted by Gasteiger charge is 2.29. The number of nitrogens with one attached hydrogen (secondary N) is 1. The summed E-state index contributed by atoms with van der Waals surface area (Å²) in [5.41, 5.74) is 0.217. The molecule has 0 bridgehead atoms. The van der Waals surface area contributed by atoms with Gasteiger partial charge in [0.25, 0.3) is 11.1 Å². The summed E-state index contributed by atoms with van der Waals surface area (Å²) in [5.74, 6) is -1.21. The number of thioether (sulfide) groups is 1. The minimum Gasteiger partial charge on any atom is -0.350 e. The molecule has 1 fully saturated rings. The minimum atomic E-state index is -0.665. The summed E-state index contributed by atoms with van der Waals surface area (Å²) >= 11 is 0.943. The molecule has 1 aromatic heterocycles. The highest BCUT2D eigenvalue weighted by molar-refractivity contribution is 8.14. The van der Waals surface area contributed by atoms with Gasteiger partial charge in [-0.15, -0.1) is 0 Å². The Kier molecular flexibility index (Phi) is 4.10. The predicted molar refractivity (Wildman–Crippen MR) is 66.1 cm³/mol. The molecule has 0 spiro atoms. The topological polar surface area (TPSA) is 79.4 Å². The second-order valence-corrected chi connectivity index (χ2v) is 4.65. The van der Waals surface area contributed by atoms with Gasteiger partial charge in [0.15, 0.2) is 0 Å². The average Bonchev–Trinajstić information content (AvgIpc) is 2.71. The zero-order chi connectivity index (χ0) is 13.8. The van der Waals surface area contributed by atoms with Crippen LogP contribution in [0.25, 0.3) is 0 Å². The summed E-state index contributed by atoms with van der Waals surface area (Å²) in [6.07, 6.45) is 1.12. The summed E-state index contributed by atoms with van der Waals surface area (Å²) in [6.45, 7) is 0.277. The molecule has 1 aliphatic rings. The van der Waals surface area contributed by atoms with Crippen molar-refractivity contribution in [2.75, 3.05) is 18.8 Å². The molecule has 100 valence electrons. The first-order valence-corrected chi connectivity index (χ1v) is 6.43. The maximum atomic E-state index is 12.6. The number of nitrogens with zero attached hydrogens (tertiary/aromatic N) is 2. The van der Waals surface area contributed by atoms with Crippen molar-refractivity contribution in [3.63, 3.8) is 0 Å². The molecule has 2 heterocycles. The van der Waals surface area contributed by atoms with Gasteiger partial charge in [0, 0.05) is 19.3 Å². The van der Waals surface area contributed by atoms with Crippen LogP contribution in [0, 0.1) is 5.95 Å². The standard InChI is InChI=1S/C11H10FN3O3S/c12-8-2-1-7(5-14-8)10(17)13-3-4-15-9(16)6-19-11(15)18/h1-2,5H,3-4,6H2,(H,13,17). The van der Waals surface area contributed by atoms with Crippen molar-refractivity contribution in [2.45, 2.75) is 0 Å². The van der Waals surface area contributed by atoms with E-state index < -0.39 is 11.9 Å². The molecule has 0 radical (unpaired) electrons. The fraction of sp³-hybridized carbons (Fsp3) is 0.273. The second-order valence-electron chi connectivity index (χ2n) is 3.73. The molecule has 0 aliphatic carbocycles. The van der Waals surface area contributed by atoms with Crippen molar-refractivity contribution in [1.29, 1.82) is 0 Å². The Labute approximate surface area is 112 Å². The first-order chi connectivity index (χ1) is 9.08. The first-order valence-electron chi connectivity index (χ1n) is 5.45. The van der Waals surface area contributed by atoms with Crippen LogP contribution in [-0.4, -0.2) is 45.8 Å². The van der Waals surface area contributed by atoms with Crippen LogP contribution in [0.3, 0.4) is 0 Å². The SMILES string of the molecule is O=C(NCCN1C(=O)CSC1=O)c1ccc(F)nc1. The Bertz CT molecular complexity index is 504. The lowest BCUT2D eigenvalue weighted by molar-refractivity contribution is -0.124. The minimum absolute atomic E-state index is 0.130. The van der Waals surface area contributed by atoms with Gasteiger partial charge >= 0.3 is 0 Å². The number of carbonyl (C=O) groups excluding carboxylic acids is 3. The van der Waals surface area contributed by atoms with E-state index in [9.17, 15) is 18.8 Å². The molecule has 1 saturated heterocycles. The number of aromatic nitrogens is 1. The average molecular weight is 283 g/mol. The Hall–Kier alpha value is -1.96. The van der Waals surface area contributed by atoms with Gasteiger partial charge in [-0.05, 0) is 12.1 Å². The Morgan fingerprint density at radius 2 is 2.26 bits per heavy atom. The van der Waals surface area contributed by atoms with E-state index in [0.29, 0.717) is 0 Å². The highest BCUT2D eigenvalue weighted by Crippen LogP contribution is 2.17. The summed E-state index contributed by atoms with van der Waals surface area (Å²) in [5, 5.41) is 2.23. The highest BCUT2D eigenvalue weighted by atomic mass is 32.2. The second kappa shape index (κ2) is 5.79. The van der Waals surface area contributed by atoms with E-state index in [-0.39, 0.29) is 35.6 Å². The van der Waals surface area contributed by atoms with Gasteiger partial charge in [0.1, 0.15) is 0 Å². The van der Waals surface area contributed by atoms with Gasteiger partial charge in [0.2, 0.25) is 11.9 Å². The smallest absolute Gasteiger partial charge is 0.288 e. The van der Waals surface area contributed by atoms with E-state index in [1.807, 2.05) is 0 Å². The van der Waals surface area contributed by atoms with E-state index in [2.05, 4.69) is 10.3 Å². The Morgan fingerprint density at radius 3 is 2.84 bits per heavy atom. The molecule has 0 saturated carbocycles. The van der Waals surface area contributed by atoms with Gasteiger partial charge in [0.05, 0.1) is 11.3 Å². The van der Waals surface area contributed by atoms with Crippen molar-refractivity contribution in [3.8, 4) is 0 Å². The number of halogens is 1. The van der Waals surface area contributed by atoms with Crippen molar-refractivity contribution in [3.05, 3.63) is 29.8 Å². The predicted octanol–water partition coefficient (Wildman–Crippen LogP) is 0.646. The normalized spacial score (nSPS) is 14.9. The van der Waals surface area contributed by atoms with Crippen LogP contribution in [0.15, 0.2) is 18.3 Å². The third-order valence-corrected chi connectivity index (χ3v) is 3.31. The largest absolute Gasteiger partial charge is 0.350 e.